The van der Waals surface area contributed by atoms with Crippen LogP contribution in [0.3, 0.4) is 0 Å². The standard InChI is InChI=1S/C10H26N4/c1-4-12-7-9-14(3)10-8-13-6-5-11-2/h11-13H,4-10H2,1-3H3. The van der Waals surface area contributed by atoms with Crippen LogP contribution in [0, 0.1) is 0 Å². The fourth-order valence-corrected chi connectivity index (χ4v) is 1.17. The van der Waals surface area contributed by atoms with Crippen LogP contribution < -0.4 is 16.0 Å². The highest BCUT2D eigenvalue weighted by atomic mass is 15.1. The van der Waals surface area contributed by atoms with Crippen molar-refractivity contribution >= 4 is 0 Å². The van der Waals surface area contributed by atoms with Crippen LogP contribution in [0.4, 0.5) is 0 Å². The van der Waals surface area contributed by atoms with Crippen LogP contribution in [0.15, 0.2) is 0 Å². The van der Waals surface area contributed by atoms with Crippen LogP contribution in [-0.4, -0.2) is 64.8 Å². The minimum absolute atomic E-state index is 1.04. The quantitative estimate of drug-likeness (QED) is 0.411. The third-order valence-corrected chi connectivity index (χ3v) is 2.14. The molecule has 0 heterocycles. The average Bonchev–Trinajstić information content (AvgIpc) is 2.18. The zero-order chi connectivity index (χ0) is 10.6. The summed E-state index contributed by atoms with van der Waals surface area (Å²) in [5, 5.41) is 9.81. The summed E-state index contributed by atoms with van der Waals surface area (Å²) in [6, 6.07) is 0. The lowest BCUT2D eigenvalue weighted by Crippen LogP contribution is -2.35. The van der Waals surface area contributed by atoms with Gasteiger partial charge in [-0.1, -0.05) is 6.92 Å². The lowest BCUT2D eigenvalue weighted by molar-refractivity contribution is 0.330. The highest BCUT2D eigenvalue weighted by Crippen LogP contribution is 1.78. The maximum Gasteiger partial charge on any atom is 0.0104 e. The maximum absolute atomic E-state index is 3.38. The first-order valence-corrected chi connectivity index (χ1v) is 5.55. The van der Waals surface area contributed by atoms with Crippen molar-refractivity contribution in [2.75, 3.05) is 59.9 Å². The Labute approximate surface area is 88.4 Å². The molecule has 4 heteroatoms. The summed E-state index contributed by atoms with van der Waals surface area (Å²) in [5.41, 5.74) is 0. The van der Waals surface area contributed by atoms with Crippen LogP contribution >= 0.6 is 0 Å². The Morgan fingerprint density at radius 1 is 0.929 bits per heavy atom. The predicted octanol–water partition coefficient (Wildman–Crippen LogP) is -0.663. The summed E-state index contributed by atoms with van der Waals surface area (Å²) >= 11 is 0. The molecule has 0 aliphatic carbocycles. The van der Waals surface area contributed by atoms with Crippen molar-refractivity contribution < 1.29 is 0 Å². The lowest BCUT2D eigenvalue weighted by Gasteiger charge is -2.16. The Balaban J connectivity index is 3.06. The second kappa shape index (κ2) is 10.9. The van der Waals surface area contributed by atoms with Gasteiger partial charge in [0.15, 0.2) is 0 Å². The summed E-state index contributed by atoms with van der Waals surface area (Å²) < 4.78 is 0. The van der Waals surface area contributed by atoms with E-state index in [9.17, 15) is 0 Å². The van der Waals surface area contributed by atoms with Crippen molar-refractivity contribution in [2.45, 2.75) is 6.92 Å². The molecule has 0 atom stereocenters. The topological polar surface area (TPSA) is 39.3 Å². The Morgan fingerprint density at radius 3 is 2.14 bits per heavy atom. The summed E-state index contributed by atoms with van der Waals surface area (Å²) in [4.78, 5) is 2.34. The maximum atomic E-state index is 3.38. The highest BCUT2D eigenvalue weighted by molar-refractivity contribution is 4.57. The van der Waals surface area contributed by atoms with Crippen LogP contribution in [0.1, 0.15) is 6.92 Å². The zero-order valence-electron chi connectivity index (χ0n) is 9.90. The van der Waals surface area contributed by atoms with Gasteiger partial charge < -0.3 is 20.9 Å². The minimum Gasteiger partial charge on any atom is -0.318 e. The van der Waals surface area contributed by atoms with Crippen molar-refractivity contribution in [1.29, 1.82) is 0 Å². The van der Waals surface area contributed by atoms with Crippen LogP contribution in [0.2, 0.25) is 0 Å². The first-order valence-electron chi connectivity index (χ1n) is 5.55. The van der Waals surface area contributed by atoms with Gasteiger partial charge in [-0.2, -0.15) is 0 Å². The molecule has 0 aliphatic rings. The third-order valence-electron chi connectivity index (χ3n) is 2.14. The molecule has 4 nitrogen and oxygen atoms in total. The first kappa shape index (κ1) is 13.8. The Bertz CT molecular complexity index is 108. The molecule has 0 aromatic carbocycles. The van der Waals surface area contributed by atoms with Crippen molar-refractivity contribution in [3.63, 3.8) is 0 Å². The number of nitrogens with one attached hydrogen (secondary N) is 3. The van der Waals surface area contributed by atoms with E-state index in [-0.39, 0.29) is 0 Å². The van der Waals surface area contributed by atoms with Crippen LogP contribution in [-0.2, 0) is 0 Å². The van der Waals surface area contributed by atoms with Crippen molar-refractivity contribution in [3.8, 4) is 0 Å². The number of rotatable bonds is 10. The van der Waals surface area contributed by atoms with E-state index in [1.54, 1.807) is 0 Å². The molecule has 14 heavy (non-hydrogen) atoms. The third kappa shape index (κ3) is 9.92. The van der Waals surface area contributed by atoms with Gasteiger partial charge in [-0.15, -0.1) is 0 Å². The smallest absolute Gasteiger partial charge is 0.0104 e. The van der Waals surface area contributed by atoms with Gasteiger partial charge >= 0.3 is 0 Å². The van der Waals surface area contributed by atoms with Gasteiger partial charge in [0.05, 0.1) is 0 Å². The molecule has 0 saturated carbocycles. The summed E-state index contributed by atoms with van der Waals surface area (Å²) in [6.45, 7) is 9.71. The van der Waals surface area contributed by atoms with Crippen LogP contribution in [0.5, 0.6) is 0 Å². The summed E-state index contributed by atoms with van der Waals surface area (Å²) in [6.07, 6.45) is 0. The Morgan fingerprint density at radius 2 is 1.57 bits per heavy atom. The van der Waals surface area contributed by atoms with E-state index in [4.69, 9.17) is 0 Å². The van der Waals surface area contributed by atoms with E-state index in [0.29, 0.717) is 0 Å². The fraction of sp³-hybridized carbons (Fsp3) is 1.00. The Kier molecular flexibility index (Phi) is 10.8. The number of hydrogen-bond donors (Lipinski definition) is 3. The van der Waals surface area contributed by atoms with Gasteiger partial charge in [-0.25, -0.2) is 0 Å². The molecule has 0 radical (unpaired) electrons. The molecule has 0 saturated heterocycles. The largest absolute Gasteiger partial charge is 0.318 e. The molecule has 0 aliphatic heterocycles. The predicted molar refractivity (Wildman–Crippen MR) is 62.8 cm³/mol. The van der Waals surface area contributed by atoms with Crippen molar-refractivity contribution in [2.24, 2.45) is 0 Å². The molecular weight excluding hydrogens is 176 g/mol. The van der Waals surface area contributed by atoms with E-state index >= 15 is 0 Å². The number of hydrogen-bond acceptors (Lipinski definition) is 4. The molecule has 0 aromatic heterocycles. The molecule has 0 unspecified atom stereocenters. The van der Waals surface area contributed by atoms with Crippen molar-refractivity contribution in [3.05, 3.63) is 0 Å². The van der Waals surface area contributed by atoms with Gasteiger partial charge in [0.25, 0.3) is 0 Å². The van der Waals surface area contributed by atoms with Gasteiger partial charge in [0.2, 0.25) is 0 Å². The normalized spacial score (nSPS) is 11.1. The average molecular weight is 202 g/mol. The molecule has 3 N–H and O–H groups in total. The molecule has 0 spiro atoms. The second-order valence-corrected chi connectivity index (χ2v) is 3.51. The van der Waals surface area contributed by atoms with E-state index in [2.05, 4.69) is 34.8 Å². The monoisotopic (exact) mass is 202 g/mol. The molecule has 0 fully saturated rings. The summed E-state index contributed by atoms with van der Waals surface area (Å²) in [5.74, 6) is 0. The molecule has 0 aromatic rings. The molecule has 0 bridgehead atoms. The van der Waals surface area contributed by atoms with E-state index in [0.717, 1.165) is 45.8 Å². The molecule has 0 amide bonds. The van der Waals surface area contributed by atoms with E-state index in [1.807, 2.05) is 7.05 Å². The highest BCUT2D eigenvalue weighted by Gasteiger charge is 1.95. The zero-order valence-corrected chi connectivity index (χ0v) is 9.90. The van der Waals surface area contributed by atoms with Crippen LogP contribution in [0.25, 0.3) is 0 Å². The minimum atomic E-state index is 1.04. The Hall–Kier alpha value is -0.160. The molecule has 0 rings (SSSR count). The molecular formula is C10H26N4. The second-order valence-electron chi connectivity index (χ2n) is 3.51. The first-order chi connectivity index (χ1) is 6.81. The van der Waals surface area contributed by atoms with Crippen molar-refractivity contribution in [1.82, 2.24) is 20.9 Å². The van der Waals surface area contributed by atoms with Gasteiger partial charge in [-0.05, 0) is 20.6 Å². The van der Waals surface area contributed by atoms with E-state index < -0.39 is 0 Å². The summed E-state index contributed by atoms with van der Waals surface area (Å²) in [7, 11) is 4.14. The van der Waals surface area contributed by atoms with Gasteiger partial charge in [0.1, 0.15) is 0 Å². The number of likely N-dealkylation sites (N-methyl/N-ethyl adjacent to an activating group) is 3. The van der Waals surface area contributed by atoms with Gasteiger partial charge in [-0.3, -0.25) is 0 Å². The van der Waals surface area contributed by atoms with Gasteiger partial charge in [0, 0.05) is 39.3 Å². The SMILES string of the molecule is CCNCCN(C)CCNCCNC. The lowest BCUT2D eigenvalue weighted by atomic mass is 10.4. The van der Waals surface area contributed by atoms with E-state index in [1.165, 1.54) is 0 Å². The number of nitrogens with zero attached hydrogens (tertiary/aromatic N) is 1. The molecule has 86 valence electrons. The fourth-order valence-electron chi connectivity index (χ4n) is 1.17.